The van der Waals surface area contributed by atoms with Gasteiger partial charge in [0.25, 0.3) is 0 Å². The highest BCUT2D eigenvalue weighted by molar-refractivity contribution is 5.81. The molecule has 0 unspecified atom stereocenters. The Kier molecular flexibility index (Phi) is 8.59. The van der Waals surface area contributed by atoms with Crippen LogP contribution in [0.25, 0.3) is 0 Å². The summed E-state index contributed by atoms with van der Waals surface area (Å²) < 4.78 is 18.1. The van der Waals surface area contributed by atoms with Gasteiger partial charge in [0.15, 0.2) is 6.61 Å². The van der Waals surface area contributed by atoms with Crippen LogP contribution in [-0.4, -0.2) is 53.4 Å². The Balaban J connectivity index is 1.38. The monoisotopic (exact) mass is 664 g/mol. The van der Waals surface area contributed by atoms with E-state index in [4.69, 9.17) is 19.3 Å². The van der Waals surface area contributed by atoms with E-state index in [2.05, 4.69) is 41.2 Å². The molecule has 9 heteroatoms. The number of rotatable bonds is 7. The van der Waals surface area contributed by atoms with Crippen LogP contribution in [0.15, 0.2) is 18.3 Å². The van der Waals surface area contributed by atoms with Crippen molar-refractivity contribution in [3.05, 3.63) is 29.6 Å². The summed E-state index contributed by atoms with van der Waals surface area (Å²) in [6.07, 6.45) is 10.2. The Morgan fingerprint density at radius 1 is 0.896 bits per heavy atom. The molecule has 48 heavy (non-hydrogen) atoms. The van der Waals surface area contributed by atoms with Gasteiger partial charge in [0.05, 0.1) is 17.7 Å². The third-order valence-corrected chi connectivity index (χ3v) is 14.9. The number of hydrogen-bond donors (Lipinski definition) is 0. The molecule has 10 atom stereocenters. The Bertz CT molecular complexity index is 1530. The molecule has 264 valence electrons. The molecule has 0 bridgehead atoms. The van der Waals surface area contributed by atoms with Gasteiger partial charge in [0.2, 0.25) is 5.91 Å². The maximum atomic E-state index is 14.1. The van der Waals surface area contributed by atoms with E-state index in [0.717, 1.165) is 74.6 Å². The topological polar surface area (TPSA) is 114 Å². The van der Waals surface area contributed by atoms with Gasteiger partial charge < -0.3 is 14.2 Å². The average molecular weight is 665 g/mol. The SMILES string of the molecule is C=C(C)[C@@H]1CC[C@]2(C(=O)OCC(=O)OCC)CC[C@]3(C)[C@H](CC[C@@H]4[C@@]5(C)Cc6cn(C(C)=O)nc6[C@@](C)(COC(C)=O)[C@@H]5CC[C@]43C)[C@@H]12. The lowest BCUT2D eigenvalue weighted by Crippen LogP contribution is -2.67. The van der Waals surface area contributed by atoms with E-state index in [1.807, 2.05) is 6.20 Å². The fourth-order valence-electron chi connectivity index (χ4n) is 12.8. The number of fused-ring (bicyclic) bond motifs is 8. The Morgan fingerprint density at radius 2 is 1.62 bits per heavy atom. The molecule has 0 amide bonds. The van der Waals surface area contributed by atoms with Gasteiger partial charge in [-0.05, 0) is 123 Å². The van der Waals surface area contributed by atoms with E-state index in [-0.39, 0.29) is 71.7 Å². The zero-order valence-electron chi connectivity index (χ0n) is 30.4. The normalized spacial score (nSPS) is 41.0. The number of allylic oxidation sites excluding steroid dienone is 1. The summed E-state index contributed by atoms with van der Waals surface area (Å²) in [6.45, 7) is 21.1. The second-order valence-corrected chi connectivity index (χ2v) is 17.1. The molecule has 0 spiro atoms. The molecule has 0 aliphatic heterocycles. The fourth-order valence-corrected chi connectivity index (χ4v) is 12.8. The Labute approximate surface area is 285 Å². The first-order valence-corrected chi connectivity index (χ1v) is 18.2. The molecule has 0 saturated heterocycles. The smallest absolute Gasteiger partial charge is 0.344 e. The van der Waals surface area contributed by atoms with E-state index in [1.54, 1.807) is 6.92 Å². The molecule has 1 heterocycles. The van der Waals surface area contributed by atoms with Crippen LogP contribution in [0.2, 0.25) is 0 Å². The number of carbonyl (C=O) groups is 4. The first-order valence-electron chi connectivity index (χ1n) is 18.2. The molecular formula is C39H56N2O7. The van der Waals surface area contributed by atoms with Crippen molar-refractivity contribution in [1.29, 1.82) is 0 Å². The van der Waals surface area contributed by atoms with Crippen molar-refractivity contribution in [2.75, 3.05) is 19.8 Å². The Morgan fingerprint density at radius 3 is 2.27 bits per heavy atom. The third kappa shape index (κ3) is 4.86. The summed E-state index contributed by atoms with van der Waals surface area (Å²) >= 11 is 0. The van der Waals surface area contributed by atoms with Crippen LogP contribution in [0, 0.1) is 51.2 Å². The maximum Gasteiger partial charge on any atom is 0.344 e. The summed E-state index contributed by atoms with van der Waals surface area (Å²) in [5, 5.41) is 4.82. The molecule has 0 aromatic carbocycles. The van der Waals surface area contributed by atoms with Gasteiger partial charge in [-0.1, -0.05) is 39.8 Å². The van der Waals surface area contributed by atoms with Gasteiger partial charge in [-0.2, -0.15) is 5.10 Å². The lowest BCUT2D eigenvalue weighted by molar-refractivity contribution is -0.231. The molecular weight excluding hydrogens is 608 g/mol. The number of ether oxygens (including phenoxy) is 3. The highest BCUT2D eigenvalue weighted by Gasteiger charge is 2.72. The van der Waals surface area contributed by atoms with Gasteiger partial charge in [0, 0.05) is 25.5 Å². The van der Waals surface area contributed by atoms with Crippen molar-refractivity contribution in [2.45, 2.75) is 119 Å². The predicted molar refractivity (Wildman–Crippen MR) is 180 cm³/mol. The van der Waals surface area contributed by atoms with Gasteiger partial charge in [-0.15, -0.1) is 0 Å². The number of hydrogen-bond acceptors (Lipinski definition) is 8. The highest BCUT2D eigenvalue weighted by atomic mass is 16.6. The number of carbonyl (C=O) groups excluding carboxylic acids is 4. The molecule has 0 radical (unpaired) electrons. The number of aromatic nitrogens is 2. The van der Waals surface area contributed by atoms with Crippen molar-refractivity contribution in [2.24, 2.45) is 51.2 Å². The Hall–Kier alpha value is -2.97. The van der Waals surface area contributed by atoms with Crippen molar-refractivity contribution < 1.29 is 33.4 Å². The number of esters is 3. The third-order valence-electron chi connectivity index (χ3n) is 14.9. The summed E-state index contributed by atoms with van der Waals surface area (Å²) in [5.41, 5.74) is 1.85. The lowest BCUT2D eigenvalue weighted by atomic mass is 9.32. The minimum Gasteiger partial charge on any atom is -0.465 e. The van der Waals surface area contributed by atoms with Crippen LogP contribution in [0.1, 0.15) is 123 Å². The van der Waals surface area contributed by atoms with Crippen molar-refractivity contribution in [3.8, 4) is 0 Å². The van der Waals surface area contributed by atoms with Gasteiger partial charge >= 0.3 is 17.9 Å². The largest absolute Gasteiger partial charge is 0.465 e. The minimum atomic E-state index is -0.617. The second-order valence-electron chi connectivity index (χ2n) is 17.1. The van der Waals surface area contributed by atoms with Crippen LogP contribution in [0.3, 0.4) is 0 Å². The quantitative estimate of drug-likeness (QED) is 0.176. The maximum absolute atomic E-state index is 14.1. The molecule has 5 aliphatic rings. The fraction of sp³-hybridized carbons (Fsp3) is 0.769. The van der Waals surface area contributed by atoms with Crippen molar-refractivity contribution >= 4 is 23.8 Å². The van der Waals surface area contributed by atoms with Crippen LogP contribution in [0.5, 0.6) is 0 Å². The van der Waals surface area contributed by atoms with E-state index in [9.17, 15) is 19.2 Å². The molecule has 6 rings (SSSR count). The summed E-state index contributed by atoms with van der Waals surface area (Å²) in [7, 11) is 0. The summed E-state index contributed by atoms with van der Waals surface area (Å²) in [4.78, 5) is 50.9. The number of nitrogens with zero attached hydrogens (tertiary/aromatic N) is 2. The second kappa shape index (κ2) is 11.8. The van der Waals surface area contributed by atoms with Crippen LogP contribution < -0.4 is 0 Å². The first kappa shape index (κ1) is 34.9. The molecule has 5 aliphatic carbocycles. The van der Waals surface area contributed by atoms with E-state index in [1.165, 1.54) is 18.5 Å². The van der Waals surface area contributed by atoms with Gasteiger partial charge in [-0.25, -0.2) is 9.48 Å². The van der Waals surface area contributed by atoms with Crippen molar-refractivity contribution in [1.82, 2.24) is 9.78 Å². The highest BCUT2D eigenvalue weighted by Crippen LogP contribution is 2.77. The zero-order chi connectivity index (χ0) is 35.0. The van der Waals surface area contributed by atoms with Gasteiger partial charge in [-0.3, -0.25) is 14.4 Å². The summed E-state index contributed by atoms with van der Waals surface area (Å²) in [5.74, 6) is 0.115. The molecule has 9 nitrogen and oxygen atoms in total. The first-order chi connectivity index (χ1) is 22.5. The van der Waals surface area contributed by atoms with Crippen LogP contribution in [0.4, 0.5) is 0 Å². The lowest BCUT2D eigenvalue weighted by Gasteiger charge is -2.72. The van der Waals surface area contributed by atoms with Crippen molar-refractivity contribution in [3.63, 3.8) is 0 Å². The predicted octanol–water partition coefficient (Wildman–Crippen LogP) is 6.86. The van der Waals surface area contributed by atoms with Gasteiger partial charge in [0.1, 0.15) is 6.61 Å². The van der Waals surface area contributed by atoms with Crippen LogP contribution in [-0.2, 0) is 40.4 Å². The van der Waals surface area contributed by atoms with E-state index >= 15 is 0 Å². The molecule has 1 aromatic heterocycles. The molecule has 0 N–H and O–H groups in total. The standard InChI is InChI=1S/C39H56N2O7/c1-10-46-31(44)21-47-34(45)39-16-13-27(23(2)3)32(39)28-11-12-30-35(6)19-26-20-41(24(4)42)40-33(26)36(7,22-48-25(5)43)29(35)14-15-38(30,9)37(28,8)17-18-39/h20,27-30,32H,2,10-19,21-22H2,1,3-9H3/t27-,28+,29+,30+,32+,35-,36-,37+,38+,39-/m0/s1. The molecule has 4 fully saturated rings. The zero-order valence-corrected chi connectivity index (χ0v) is 30.4. The summed E-state index contributed by atoms with van der Waals surface area (Å²) in [6, 6.07) is 0. The van der Waals surface area contributed by atoms with E-state index < -0.39 is 16.8 Å². The van der Waals surface area contributed by atoms with E-state index in [0.29, 0.717) is 11.8 Å². The van der Waals surface area contributed by atoms with Crippen LogP contribution >= 0.6 is 0 Å². The minimum absolute atomic E-state index is 0.000788. The molecule has 1 aromatic rings. The molecule has 4 saturated carbocycles. The average Bonchev–Trinajstić information content (AvgIpc) is 3.63.